The number of hydrogen-bond donors (Lipinski definition) is 0. The summed E-state index contributed by atoms with van der Waals surface area (Å²) in [4.78, 5) is 22.7. The number of rotatable bonds is 2. The molecule has 2 heterocycles. The van der Waals surface area contributed by atoms with Crippen molar-refractivity contribution >= 4 is 48.7 Å². The summed E-state index contributed by atoms with van der Waals surface area (Å²) in [5, 5.41) is 20.2. The topological polar surface area (TPSA) is 105 Å². The first-order chi connectivity index (χ1) is 11.7. The van der Waals surface area contributed by atoms with Crippen LogP contribution in [-0.2, 0) is 4.74 Å². The van der Waals surface area contributed by atoms with Crippen molar-refractivity contribution in [3.8, 4) is 11.3 Å². The van der Waals surface area contributed by atoms with Crippen LogP contribution in [0.25, 0.3) is 22.2 Å². The van der Waals surface area contributed by atoms with Gasteiger partial charge in [0.2, 0.25) is 0 Å². The molecule has 0 amide bonds. The van der Waals surface area contributed by atoms with Gasteiger partial charge in [-0.25, -0.2) is 0 Å². The predicted molar refractivity (Wildman–Crippen MR) is 90.4 cm³/mol. The number of carbonyl (C=O) groups is 1. The SMILES string of the molecule is CC(C)(C)OC(=O)n1cc(-c2n[n]([Tl])c3ccc([N+](=O)[O-])cc23)cn1. The number of nitro benzene ring substituents is 1. The molecule has 25 heavy (non-hydrogen) atoms. The Bertz CT molecular complexity index is 986. The summed E-state index contributed by atoms with van der Waals surface area (Å²) in [6.45, 7) is 5.31. The second-order valence-electron chi connectivity index (χ2n) is 6.41. The van der Waals surface area contributed by atoms with Gasteiger partial charge in [0.25, 0.3) is 0 Å². The number of carbonyl (C=O) groups excluding carboxylic acids is 1. The second-order valence-corrected chi connectivity index (χ2v) is 8.31. The van der Waals surface area contributed by atoms with E-state index in [4.69, 9.17) is 4.74 Å². The first-order valence-corrected chi connectivity index (χ1v) is 9.37. The van der Waals surface area contributed by atoms with Crippen molar-refractivity contribution in [3.63, 3.8) is 0 Å². The number of hydrogen-bond acceptors (Lipinski definition) is 6. The summed E-state index contributed by atoms with van der Waals surface area (Å²) >= 11 is 0.392. The van der Waals surface area contributed by atoms with Crippen molar-refractivity contribution in [3.05, 3.63) is 40.7 Å². The van der Waals surface area contributed by atoms with Crippen LogP contribution < -0.4 is 0 Å². The summed E-state index contributed by atoms with van der Waals surface area (Å²) in [5.74, 6) is 0. The van der Waals surface area contributed by atoms with Crippen LogP contribution in [-0.4, -0.2) is 60.1 Å². The molecule has 0 aliphatic rings. The summed E-state index contributed by atoms with van der Waals surface area (Å²) in [7, 11) is 0. The van der Waals surface area contributed by atoms with Gasteiger partial charge in [-0.3, -0.25) is 0 Å². The zero-order chi connectivity index (χ0) is 18.4. The fourth-order valence-corrected chi connectivity index (χ4v) is 3.63. The second kappa shape index (κ2) is 6.20. The molecule has 0 aliphatic carbocycles. The number of non-ortho nitro benzene ring substituents is 1. The molecule has 0 atom stereocenters. The molecule has 2 aromatic heterocycles. The Labute approximate surface area is 158 Å². The van der Waals surface area contributed by atoms with Crippen molar-refractivity contribution in [2.24, 2.45) is 0 Å². The average Bonchev–Trinajstić information content (AvgIpc) is 3.10. The summed E-state index contributed by atoms with van der Waals surface area (Å²) in [5.41, 5.74) is 1.32. The van der Waals surface area contributed by atoms with E-state index in [1.807, 2.05) is 0 Å². The quantitative estimate of drug-likeness (QED) is 0.285. The number of fused-ring (bicyclic) bond motifs is 1. The van der Waals surface area contributed by atoms with Gasteiger partial charge < -0.3 is 0 Å². The van der Waals surface area contributed by atoms with Gasteiger partial charge in [0.15, 0.2) is 0 Å². The van der Waals surface area contributed by atoms with E-state index in [2.05, 4.69) is 10.2 Å². The van der Waals surface area contributed by atoms with Crippen LogP contribution in [0.1, 0.15) is 20.8 Å². The third-order valence-corrected chi connectivity index (χ3v) is 4.87. The van der Waals surface area contributed by atoms with Crippen molar-refractivity contribution in [1.29, 1.82) is 0 Å². The van der Waals surface area contributed by atoms with Gasteiger partial charge >= 0.3 is 159 Å². The van der Waals surface area contributed by atoms with Crippen LogP contribution in [0.3, 0.4) is 0 Å². The Morgan fingerprint density at radius 2 is 2.08 bits per heavy atom. The molecular weight excluding hydrogens is 519 g/mol. The molecule has 0 spiro atoms. The van der Waals surface area contributed by atoms with Gasteiger partial charge in [0.05, 0.1) is 0 Å². The maximum atomic E-state index is 12.1. The van der Waals surface area contributed by atoms with E-state index in [0.717, 1.165) is 10.2 Å². The molecule has 0 aliphatic heterocycles. The van der Waals surface area contributed by atoms with Crippen LogP contribution in [0.4, 0.5) is 10.5 Å². The summed E-state index contributed by atoms with van der Waals surface area (Å²) < 4.78 is 8.16. The molecule has 3 aromatic rings. The van der Waals surface area contributed by atoms with Gasteiger partial charge in [-0.1, -0.05) is 0 Å². The van der Waals surface area contributed by atoms with Crippen molar-refractivity contribution in [1.82, 2.24) is 17.4 Å². The van der Waals surface area contributed by atoms with E-state index in [1.54, 1.807) is 29.3 Å². The molecule has 0 bridgehead atoms. The minimum atomic E-state index is -0.631. The molecule has 0 saturated carbocycles. The zero-order valence-electron chi connectivity index (χ0n) is 13.8. The van der Waals surface area contributed by atoms with Crippen molar-refractivity contribution in [2.75, 3.05) is 0 Å². The Balaban J connectivity index is 2.04. The van der Waals surface area contributed by atoms with Crippen LogP contribution in [0, 0.1) is 10.1 Å². The van der Waals surface area contributed by atoms with Gasteiger partial charge in [-0.2, -0.15) is 0 Å². The number of nitro groups is 1. The molecule has 126 valence electrons. The number of ether oxygens (including phenoxy) is 1. The fraction of sp³-hybridized carbons (Fsp3) is 0.267. The molecule has 0 radical (unpaired) electrons. The molecule has 10 heteroatoms. The number of aromatic nitrogens is 4. The van der Waals surface area contributed by atoms with Crippen LogP contribution >= 0.6 is 0 Å². The summed E-state index contributed by atoms with van der Waals surface area (Å²) in [6.07, 6.45) is 2.41. The normalized spacial score (nSPS) is 11.6. The van der Waals surface area contributed by atoms with E-state index < -0.39 is 16.6 Å². The third kappa shape index (κ3) is 3.55. The standard InChI is InChI=1S/C15H14N5O4.Tl/c1-15(2,3)24-14(21)19-8-9(7-16-19)13-11-6-10(20(22)23)4-5-12(11)17-18-13;/h4-8H,1-3H3;/q-1;+1. The average molecular weight is 533 g/mol. The van der Waals surface area contributed by atoms with Crippen LogP contribution in [0.5, 0.6) is 0 Å². The van der Waals surface area contributed by atoms with Crippen molar-refractivity contribution < 1.29 is 14.5 Å². The molecule has 0 N–H and O–H groups in total. The van der Waals surface area contributed by atoms with E-state index in [0.29, 0.717) is 42.7 Å². The Kier molecular flexibility index (Phi) is 4.35. The molecule has 1 aromatic carbocycles. The molecule has 0 saturated heterocycles. The fourth-order valence-electron chi connectivity index (χ4n) is 2.31. The maximum absolute atomic E-state index is 12.1. The zero-order valence-corrected chi connectivity index (χ0v) is 18.3. The molecule has 0 fully saturated rings. The predicted octanol–water partition coefficient (Wildman–Crippen LogP) is 2.52. The van der Waals surface area contributed by atoms with Crippen LogP contribution in [0.15, 0.2) is 30.6 Å². The van der Waals surface area contributed by atoms with E-state index in [-0.39, 0.29) is 5.69 Å². The molecule has 0 unspecified atom stereocenters. The van der Waals surface area contributed by atoms with E-state index in [9.17, 15) is 14.9 Å². The van der Waals surface area contributed by atoms with Gasteiger partial charge in [0, 0.05) is 0 Å². The van der Waals surface area contributed by atoms with Crippen molar-refractivity contribution in [2.45, 2.75) is 26.4 Å². The molecule has 3 rings (SSSR count). The Morgan fingerprint density at radius 3 is 2.72 bits per heavy atom. The van der Waals surface area contributed by atoms with Gasteiger partial charge in [-0.05, 0) is 0 Å². The molecule has 9 nitrogen and oxygen atoms in total. The summed E-state index contributed by atoms with van der Waals surface area (Å²) in [6, 6.07) is 4.63. The Hall–Kier alpha value is -2.31. The van der Waals surface area contributed by atoms with Gasteiger partial charge in [0.1, 0.15) is 0 Å². The third-order valence-electron chi connectivity index (χ3n) is 3.34. The number of nitrogens with zero attached hydrogens (tertiary/aromatic N) is 5. The van der Waals surface area contributed by atoms with Gasteiger partial charge in [-0.15, -0.1) is 0 Å². The monoisotopic (exact) mass is 533 g/mol. The molecular formula is C15H14N5O4Tl. The Morgan fingerprint density at radius 1 is 1.36 bits per heavy atom. The van der Waals surface area contributed by atoms with Crippen LogP contribution in [0.2, 0.25) is 0 Å². The van der Waals surface area contributed by atoms with E-state index >= 15 is 0 Å². The number of benzene rings is 1. The van der Waals surface area contributed by atoms with E-state index in [1.165, 1.54) is 24.5 Å². The first kappa shape index (κ1) is 17.5. The first-order valence-electron chi connectivity index (χ1n) is 7.36. The minimum absolute atomic E-state index is 0.00807.